The van der Waals surface area contributed by atoms with Gasteiger partial charge in [0.25, 0.3) is 11.7 Å². The van der Waals surface area contributed by atoms with Crippen molar-refractivity contribution < 1.29 is 9.59 Å². The summed E-state index contributed by atoms with van der Waals surface area (Å²) in [5, 5.41) is 4.19. The first kappa shape index (κ1) is 16.9. The maximum Gasteiger partial charge on any atom is 0.272 e. The van der Waals surface area contributed by atoms with Crippen molar-refractivity contribution in [2.45, 2.75) is 25.8 Å². The van der Waals surface area contributed by atoms with Gasteiger partial charge in [0.1, 0.15) is 18.1 Å². The van der Waals surface area contributed by atoms with E-state index in [-0.39, 0.29) is 23.8 Å². The third-order valence-electron chi connectivity index (χ3n) is 5.25. The summed E-state index contributed by atoms with van der Waals surface area (Å²) in [6.07, 6.45) is 1.44. The first-order chi connectivity index (χ1) is 12.5. The van der Waals surface area contributed by atoms with Crippen LogP contribution in [0.5, 0.6) is 0 Å². The van der Waals surface area contributed by atoms with Crippen LogP contribution in [-0.2, 0) is 4.79 Å². The molecule has 2 aliphatic rings. The second-order valence-electron chi connectivity index (χ2n) is 7.26. The van der Waals surface area contributed by atoms with Crippen LogP contribution >= 0.6 is 0 Å². The molecule has 2 saturated heterocycles. The Balaban J connectivity index is 1.62. The van der Waals surface area contributed by atoms with Crippen molar-refractivity contribution in [3.63, 3.8) is 0 Å². The van der Waals surface area contributed by atoms with Crippen LogP contribution in [0, 0.1) is 0 Å². The van der Waals surface area contributed by atoms with Gasteiger partial charge in [0.15, 0.2) is 0 Å². The van der Waals surface area contributed by atoms with Gasteiger partial charge in [-0.1, -0.05) is 13.8 Å². The van der Waals surface area contributed by atoms with E-state index in [1.807, 2.05) is 20.9 Å². The summed E-state index contributed by atoms with van der Waals surface area (Å²) in [5.74, 6) is 0.529. The SMILES string of the molecule is CC(C)c1cc(C(=O)N2CCN3CCN(C)C(=O)C3C2)nc2ncnn12. The number of hydrogen-bond donors (Lipinski definition) is 0. The molecule has 2 fully saturated rings. The summed E-state index contributed by atoms with van der Waals surface area (Å²) in [5.41, 5.74) is 1.25. The zero-order valence-corrected chi connectivity index (χ0v) is 15.3. The Morgan fingerprint density at radius 1 is 1.23 bits per heavy atom. The van der Waals surface area contributed by atoms with Crippen molar-refractivity contribution >= 4 is 17.6 Å². The number of rotatable bonds is 2. The third-order valence-corrected chi connectivity index (χ3v) is 5.25. The molecule has 9 heteroatoms. The summed E-state index contributed by atoms with van der Waals surface area (Å²) in [7, 11) is 1.82. The number of likely N-dealkylation sites (N-methyl/N-ethyl adjacent to an activating group) is 1. The molecule has 0 bridgehead atoms. The van der Waals surface area contributed by atoms with Crippen LogP contribution in [-0.4, -0.2) is 91.9 Å². The van der Waals surface area contributed by atoms with E-state index in [4.69, 9.17) is 0 Å². The van der Waals surface area contributed by atoms with Gasteiger partial charge < -0.3 is 9.80 Å². The summed E-state index contributed by atoms with van der Waals surface area (Å²) in [6.45, 7) is 7.39. The Hall–Kier alpha value is -2.55. The molecular weight excluding hydrogens is 334 g/mol. The van der Waals surface area contributed by atoms with Crippen molar-refractivity contribution in [3.05, 3.63) is 23.8 Å². The first-order valence-electron chi connectivity index (χ1n) is 8.94. The highest BCUT2D eigenvalue weighted by Gasteiger charge is 2.39. The average Bonchev–Trinajstić information content (AvgIpc) is 3.11. The molecule has 0 aliphatic carbocycles. The van der Waals surface area contributed by atoms with Crippen LogP contribution in [0.2, 0.25) is 0 Å². The second kappa shape index (κ2) is 6.31. The predicted octanol–water partition coefficient (Wildman–Crippen LogP) is -0.154. The van der Waals surface area contributed by atoms with E-state index in [2.05, 4.69) is 20.0 Å². The molecule has 0 spiro atoms. The predicted molar refractivity (Wildman–Crippen MR) is 93.8 cm³/mol. The minimum atomic E-state index is -0.257. The highest BCUT2D eigenvalue weighted by Crippen LogP contribution is 2.20. The minimum absolute atomic E-state index is 0.0810. The fourth-order valence-electron chi connectivity index (χ4n) is 3.67. The lowest BCUT2D eigenvalue weighted by Crippen LogP contribution is -2.64. The maximum atomic E-state index is 13.1. The van der Waals surface area contributed by atoms with E-state index in [0.29, 0.717) is 31.1 Å². The van der Waals surface area contributed by atoms with Crippen LogP contribution in [0.4, 0.5) is 0 Å². The van der Waals surface area contributed by atoms with Crippen LogP contribution < -0.4 is 0 Å². The van der Waals surface area contributed by atoms with E-state index in [0.717, 1.165) is 18.8 Å². The van der Waals surface area contributed by atoms with Gasteiger partial charge in [-0.3, -0.25) is 14.5 Å². The smallest absolute Gasteiger partial charge is 0.272 e. The molecule has 2 aliphatic heterocycles. The lowest BCUT2D eigenvalue weighted by atomic mass is 10.1. The van der Waals surface area contributed by atoms with Crippen LogP contribution in [0.3, 0.4) is 0 Å². The van der Waals surface area contributed by atoms with E-state index in [1.165, 1.54) is 6.33 Å². The lowest BCUT2D eigenvalue weighted by molar-refractivity contribution is -0.142. The number of fused-ring (bicyclic) bond motifs is 2. The van der Waals surface area contributed by atoms with E-state index in [9.17, 15) is 9.59 Å². The van der Waals surface area contributed by atoms with E-state index < -0.39 is 0 Å². The van der Waals surface area contributed by atoms with Crippen molar-refractivity contribution in [2.75, 3.05) is 39.8 Å². The summed E-state index contributed by atoms with van der Waals surface area (Å²) in [6, 6.07) is 1.53. The van der Waals surface area contributed by atoms with Gasteiger partial charge in [-0.05, 0) is 12.0 Å². The zero-order chi connectivity index (χ0) is 18.4. The summed E-state index contributed by atoms with van der Waals surface area (Å²) >= 11 is 0. The number of amides is 2. The first-order valence-corrected chi connectivity index (χ1v) is 8.94. The lowest BCUT2D eigenvalue weighted by Gasteiger charge is -2.45. The van der Waals surface area contributed by atoms with Gasteiger partial charge in [-0.2, -0.15) is 10.1 Å². The minimum Gasteiger partial charge on any atom is -0.343 e. The average molecular weight is 357 g/mol. The standard InChI is InChI=1S/C17H23N7O2/c1-11(2)13-8-12(20-17-18-10-19-24(13)17)15(25)23-7-6-22-5-4-21(3)16(26)14(22)9-23/h8,10-11,14H,4-7,9H2,1-3H3. The van der Waals surface area contributed by atoms with Crippen molar-refractivity contribution in [1.82, 2.24) is 34.3 Å². The molecule has 26 heavy (non-hydrogen) atoms. The highest BCUT2D eigenvalue weighted by molar-refractivity contribution is 5.93. The molecule has 1 unspecified atom stereocenters. The molecule has 9 nitrogen and oxygen atoms in total. The number of aromatic nitrogens is 4. The number of nitrogens with zero attached hydrogens (tertiary/aromatic N) is 7. The molecule has 4 rings (SSSR count). The Morgan fingerprint density at radius 2 is 2.00 bits per heavy atom. The largest absolute Gasteiger partial charge is 0.343 e. The Bertz CT molecular complexity index is 862. The fourth-order valence-corrected chi connectivity index (χ4v) is 3.67. The van der Waals surface area contributed by atoms with Crippen molar-refractivity contribution in [1.29, 1.82) is 0 Å². The van der Waals surface area contributed by atoms with Gasteiger partial charge in [0.05, 0.1) is 5.69 Å². The molecule has 4 heterocycles. The number of hydrogen-bond acceptors (Lipinski definition) is 6. The Morgan fingerprint density at radius 3 is 2.77 bits per heavy atom. The molecule has 0 N–H and O–H groups in total. The Kier molecular flexibility index (Phi) is 4.10. The molecule has 1 atom stereocenters. The normalized spacial score (nSPS) is 21.5. The van der Waals surface area contributed by atoms with E-state index in [1.54, 1.807) is 20.4 Å². The second-order valence-corrected chi connectivity index (χ2v) is 7.26. The van der Waals surface area contributed by atoms with Gasteiger partial charge in [0.2, 0.25) is 5.91 Å². The topological polar surface area (TPSA) is 86.9 Å². The molecule has 2 aromatic rings. The van der Waals surface area contributed by atoms with Crippen LogP contribution in [0.15, 0.2) is 12.4 Å². The van der Waals surface area contributed by atoms with Crippen molar-refractivity contribution in [2.24, 2.45) is 0 Å². The summed E-state index contributed by atoms with van der Waals surface area (Å²) in [4.78, 5) is 39.7. The molecule has 2 aromatic heterocycles. The molecule has 0 saturated carbocycles. The number of carbonyl (C=O) groups is 2. The molecule has 138 valence electrons. The quantitative estimate of drug-likeness (QED) is 0.743. The molecule has 2 amide bonds. The van der Waals surface area contributed by atoms with Gasteiger partial charge in [-0.25, -0.2) is 9.50 Å². The molecule has 0 aromatic carbocycles. The maximum absolute atomic E-state index is 13.1. The van der Waals surface area contributed by atoms with Gasteiger partial charge in [0, 0.05) is 39.8 Å². The van der Waals surface area contributed by atoms with Gasteiger partial charge >= 0.3 is 0 Å². The monoisotopic (exact) mass is 357 g/mol. The zero-order valence-electron chi connectivity index (χ0n) is 15.3. The van der Waals surface area contributed by atoms with Crippen LogP contribution in [0.25, 0.3) is 5.78 Å². The Labute approximate surface area is 151 Å². The van der Waals surface area contributed by atoms with Crippen LogP contribution in [0.1, 0.15) is 35.9 Å². The molecule has 0 radical (unpaired) electrons. The van der Waals surface area contributed by atoms with Crippen molar-refractivity contribution in [3.8, 4) is 0 Å². The number of carbonyl (C=O) groups excluding carboxylic acids is 2. The third kappa shape index (κ3) is 2.72. The van der Waals surface area contributed by atoms with Gasteiger partial charge in [-0.15, -0.1) is 0 Å². The number of piperazine rings is 2. The van der Waals surface area contributed by atoms with E-state index >= 15 is 0 Å². The fraction of sp³-hybridized carbons (Fsp3) is 0.588. The highest BCUT2D eigenvalue weighted by atomic mass is 16.2. The molecular formula is C17H23N7O2. The summed E-state index contributed by atoms with van der Waals surface area (Å²) < 4.78 is 1.67.